The predicted molar refractivity (Wildman–Crippen MR) is 75.2 cm³/mol. The molecule has 1 atom stereocenters. The van der Waals surface area contributed by atoms with E-state index in [0.717, 1.165) is 44.1 Å². The maximum absolute atomic E-state index is 13.0. The third-order valence-electron chi connectivity index (χ3n) is 5.39. The van der Waals surface area contributed by atoms with E-state index >= 15 is 0 Å². The number of amides is 2. The summed E-state index contributed by atoms with van der Waals surface area (Å²) < 4.78 is 0. The lowest BCUT2D eigenvalue weighted by molar-refractivity contribution is -0.142. The number of benzene rings is 1. The highest BCUT2D eigenvalue weighted by Crippen LogP contribution is 2.48. The highest BCUT2D eigenvalue weighted by molar-refractivity contribution is 6.10. The molecule has 1 aromatic carbocycles. The standard InChI is InChI=1S/C17H19NO2/c19-15-11-17(10-9-12-5-1-4-8-14(12)17)16(20)18(15)13-6-2-3-7-13/h1,4-5,8,13H,2-3,6-7,9-11H2. The fraction of sp³-hybridized carbons (Fsp3) is 0.529. The molecule has 4 rings (SSSR count). The van der Waals surface area contributed by atoms with Crippen LogP contribution in [0.25, 0.3) is 0 Å². The second-order valence-electron chi connectivity index (χ2n) is 6.42. The molecule has 3 nitrogen and oxygen atoms in total. The van der Waals surface area contributed by atoms with Crippen molar-refractivity contribution < 1.29 is 9.59 Å². The first kappa shape index (κ1) is 12.1. The summed E-state index contributed by atoms with van der Waals surface area (Å²) in [6.07, 6.45) is 6.40. The summed E-state index contributed by atoms with van der Waals surface area (Å²) in [5, 5.41) is 0. The number of likely N-dealkylation sites (tertiary alicyclic amines) is 1. The molecule has 2 aliphatic carbocycles. The zero-order valence-electron chi connectivity index (χ0n) is 11.6. The van der Waals surface area contributed by atoms with Crippen LogP contribution >= 0.6 is 0 Å². The van der Waals surface area contributed by atoms with E-state index in [2.05, 4.69) is 6.07 Å². The average Bonchev–Trinajstić information content (AvgIpc) is 3.13. The highest BCUT2D eigenvalue weighted by Gasteiger charge is 2.56. The van der Waals surface area contributed by atoms with E-state index in [4.69, 9.17) is 0 Å². The molecular formula is C17H19NO2. The third kappa shape index (κ3) is 1.46. The highest BCUT2D eigenvalue weighted by atomic mass is 16.2. The lowest BCUT2D eigenvalue weighted by atomic mass is 9.80. The van der Waals surface area contributed by atoms with Crippen molar-refractivity contribution in [3.8, 4) is 0 Å². The van der Waals surface area contributed by atoms with Crippen LogP contribution in [0.1, 0.15) is 49.7 Å². The molecule has 0 N–H and O–H groups in total. The number of carbonyl (C=O) groups is 2. The molecule has 1 spiro atoms. The third-order valence-corrected chi connectivity index (χ3v) is 5.39. The molecule has 0 bridgehead atoms. The van der Waals surface area contributed by atoms with Crippen LogP contribution in [0.2, 0.25) is 0 Å². The first-order valence-corrected chi connectivity index (χ1v) is 7.67. The molecule has 2 fully saturated rings. The van der Waals surface area contributed by atoms with Crippen molar-refractivity contribution in [2.24, 2.45) is 0 Å². The second-order valence-corrected chi connectivity index (χ2v) is 6.42. The summed E-state index contributed by atoms with van der Waals surface area (Å²) in [6.45, 7) is 0. The molecule has 1 saturated carbocycles. The van der Waals surface area contributed by atoms with Crippen LogP contribution in [0.15, 0.2) is 24.3 Å². The van der Waals surface area contributed by atoms with E-state index in [-0.39, 0.29) is 17.9 Å². The van der Waals surface area contributed by atoms with Gasteiger partial charge in [-0.05, 0) is 36.8 Å². The van der Waals surface area contributed by atoms with E-state index in [0.29, 0.717) is 6.42 Å². The van der Waals surface area contributed by atoms with Crippen molar-refractivity contribution >= 4 is 11.8 Å². The smallest absolute Gasteiger partial charge is 0.240 e. The van der Waals surface area contributed by atoms with Crippen LogP contribution in [0.5, 0.6) is 0 Å². The summed E-state index contributed by atoms with van der Waals surface area (Å²) in [6, 6.07) is 8.32. The van der Waals surface area contributed by atoms with Gasteiger partial charge in [-0.25, -0.2) is 0 Å². The number of imide groups is 1. The van der Waals surface area contributed by atoms with Gasteiger partial charge in [0.25, 0.3) is 0 Å². The van der Waals surface area contributed by atoms with Gasteiger partial charge in [-0.1, -0.05) is 37.1 Å². The molecule has 104 valence electrons. The Hall–Kier alpha value is -1.64. The second kappa shape index (κ2) is 4.18. The Balaban J connectivity index is 1.75. The summed E-state index contributed by atoms with van der Waals surface area (Å²) in [5.41, 5.74) is 1.83. The molecule has 1 aliphatic heterocycles. The quantitative estimate of drug-likeness (QED) is 0.735. The number of hydrogen-bond donors (Lipinski definition) is 0. The van der Waals surface area contributed by atoms with Gasteiger partial charge in [0, 0.05) is 12.5 Å². The SMILES string of the molecule is O=C1CC2(CCc3ccccc32)C(=O)N1C1CCCC1. The molecule has 1 heterocycles. The maximum atomic E-state index is 13.0. The molecule has 1 aromatic rings. The minimum Gasteiger partial charge on any atom is -0.279 e. The van der Waals surface area contributed by atoms with E-state index in [1.165, 1.54) is 5.56 Å². The molecule has 0 radical (unpaired) electrons. The molecule has 2 amide bonds. The Morgan fingerprint density at radius 2 is 1.85 bits per heavy atom. The summed E-state index contributed by atoms with van der Waals surface area (Å²) in [5.74, 6) is 0.137. The Morgan fingerprint density at radius 3 is 2.65 bits per heavy atom. The van der Waals surface area contributed by atoms with Gasteiger partial charge in [0.15, 0.2) is 0 Å². The lowest BCUT2D eigenvalue weighted by Gasteiger charge is -2.26. The molecule has 0 aromatic heterocycles. The fourth-order valence-corrected chi connectivity index (χ4v) is 4.39. The van der Waals surface area contributed by atoms with Crippen molar-refractivity contribution in [1.29, 1.82) is 0 Å². The van der Waals surface area contributed by atoms with Crippen LogP contribution in [-0.4, -0.2) is 22.8 Å². The number of carbonyl (C=O) groups excluding carboxylic acids is 2. The van der Waals surface area contributed by atoms with Gasteiger partial charge in [0.2, 0.25) is 11.8 Å². The molecule has 1 saturated heterocycles. The van der Waals surface area contributed by atoms with Crippen molar-refractivity contribution in [3.63, 3.8) is 0 Å². The van der Waals surface area contributed by atoms with Crippen LogP contribution in [0.3, 0.4) is 0 Å². The Morgan fingerprint density at radius 1 is 1.10 bits per heavy atom. The first-order valence-electron chi connectivity index (χ1n) is 7.67. The molecule has 3 aliphatic rings. The van der Waals surface area contributed by atoms with Gasteiger partial charge in [-0.2, -0.15) is 0 Å². The van der Waals surface area contributed by atoms with Crippen molar-refractivity contribution in [2.45, 2.75) is 56.4 Å². The first-order chi connectivity index (χ1) is 9.72. The van der Waals surface area contributed by atoms with Gasteiger partial charge in [-0.3, -0.25) is 14.5 Å². The van der Waals surface area contributed by atoms with Crippen LogP contribution in [0.4, 0.5) is 0 Å². The zero-order chi connectivity index (χ0) is 13.7. The topological polar surface area (TPSA) is 37.4 Å². The van der Waals surface area contributed by atoms with Gasteiger partial charge < -0.3 is 0 Å². The summed E-state index contributed by atoms with van der Waals surface area (Å²) in [7, 11) is 0. The van der Waals surface area contributed by atoms with Crippen LogP contribution in [0, 0.1) is 0 Å². The Kier molecular flexibility index (Phi) is 2.53. The average molecular weight is 269 g/mol. The molecular weight excluding hydrogens is 250 g/mol. The van der Waals surface area contributed by atoms with Crippen molar-refractivity contribution in [3.05, 3.63) is 35.4 Å². The number of nitrogens with zero attached hydrogens (tertiary/aromatic N) is 1. The minimum atomic E-state index is -0.531. The van der Waals surface area contributed by atoms with E-state index in [1.54, 1.807) is 4.90 Å². The maximum Gasteiger partial charge on any atom is 0.240 e. The normalized spacial score (nSPS) is 29.7. The van der Waals surface area contributed by atoms with Gasteiger partial charge in [0.1, 0.15) is 0 Å². The lowest BCUT2D eigenvalue weighted by Crippen LogP contribution is -2.42. The number of aryl methyl sites for hydroxylation is 1. The number of hydrogen-bond acceptors (Lipinski definition) is 2. The monoisotopic (exact) mass is 269 g/mol. The van der Waals surface area contributed by atoms with Gasteiger partial charge in [-0.15, -0.1) is 0 Å². The van der Waals surface area contributed by atoms with Crippen molar-refractivity contribution in [2.75, 3.05) is 0 Å². The predicted octanol–water partition coefficient (Wildman–Crippen LogP) is 2.57. The number of rotatable bonds is 1. The van der Waals surface area contributed by atoms with Crippen molar-refractivity contribution in [1.82, 2.24) is 4.90 Å². The van der Waals surface area contributed by atoms with Gasteiger partial charge in [0.05, 0.1) is 5.41 Å². The number of fused-ring (bicyclic) bond motifs is 2. The molecule has 1 unspecified atom stereocenters. The van der Waals surface area contributed by atoms with E-state index in [1.807, 2.05) is 18.2 Å². The van der Waals surface area contributed by atoms with E-state index < -0.39 is 5.41 Å². The molecule has 20 heavy (non-hydrogen) atoms. The molecule has 3 heteroatoms. The zero-order valence-corrected chi connectivity index (χ0v) is 11.6. The Bertz CT molecular complexity index is 588. The fourth-order valence-electron chi connectivity index (χ4n) is 4.39. The Labute approximate surface area is 119 Å². The van der Waals surface area contributed by atoms with Gasteiger partial charge >= 0.3 is 0 Å². The summed E-state index contributed by atoms with van der Waals surface area (Å²) >= 11 is 0. The van der Waals surface area contributed by atoms with Crippen LogP contribution in [-0.2, 0) is 21.4 Å². The van der Waals surface area contributed by atoms with Crippen LogP contribution < -0.4 is 0 Å². The summed E-state index contributed by atoms with van der Waals surface area (Å²) in [4.78, 5) is 27.1. The largest absolute Gasteiger partial charge is 0.279 e. The van der Waals surface area contributed by atoms with E-state index in [9.17, 15) is 9.59 Å². The minimum absolute atomic E-state index is 0.0543.